The van der Waals surface area contributed by atoms with Crippen LogP contribution in [0.5, 0.6) is 0 Å². The number of hydrogen-bond donors (Lipinski definition) is 1. The normalized spacial score (nSPS) is 15.8. The van der Waals surface area contributed by atoms with Gasteiger partial charge in [-0.05, 0) is 25.0 Å². The lowest BCUT2D eigenvalue weighted by Gasteiger charge is -2.22. The van der Waals surface area contributed by atoms with Gasteiger partial charge in [0.05, 0.1) is 11.4 Å². The fourth-order valence-electron chi connectivity index (χ4n) is 2.02. The number of halogens is 2. The first-order valence-electron chi connectivity index (χ1n) is 5.14. The molecule has 0 aliphatic carbocycles. The molecular weight excluding hydrogens is 259 g/mol. The molecule has 2 nitrogen and oxygen atoms in total. The predicted molar refractivity (Wildman–Crippen MR) is 65.1 cm³/mol. The lowest BCUT2D eigenvalue weighted by atomic mass is 10.2. The largest absolute Gasteiger partial charge is 0.386 e. The maximum absolute atomic E-state index is 13.8. The van der Waals surface area contributed by atoms with E-state index in [0.29, 0.717) is 5.69 Å². The van der Waals surface area contributed by atoms with Crippen LogP contribution in [0.3, 0.4) is 0 Å². The minimum Gasteiger partial charge on any atom is -0.386 e. The molecule has 0 saturated carbocycles. The van der Waals surface area contributed by atoms with E-state index in [9.17, 15) is 4.39 Å². The minimum atomic E-state index is -0.157. The average molecular weight is 273 g/mol. The van der Waals surface area contributed by atoms with Crippen LogP contribution in [-0.4, -0.2) is 20.1 Å². The van der Waals surface area contributed by atoms with Crippen molar-refractivity contribution in [3.63, 3.8) is 0 Å². The van der Waals surface area contributed by atoms with E-state index >= 15 is 0 Å². The molecule has 2 rings (SSSR count). The molecule has 82 valence electrons. The number of rotatable bonds is 2. The molecule has 15 heavy (non-hydrogen) atoms. The third-order valence-corrected chi connectivity index (χ3v) is 3.18. The number of nitrogens with one attached hydrogen (secondary N) is 1. The van der Waals surface area contributed by atoms with E-state index in [4.69, 9.17) is 0 Å². The fourth-order valence-corrected chi connectivity index (χ4v) is 2.45. The van der Waals surface area contributed by atoms with Gasteiger partial charge in [0, 0.05) is 24.6 Å². The lowest BCUT2D eigenvalue weighted by molar-refractivity contribution is 0.623. The van der Waals surface area contributed by atoms with Gasteiger partial charge in [-0.3, -0.25) is 0 Å². The van der Waals surface area contributed by atoms with Crippen molar-refractivity contribution in [3.8, 4) is 0 Å². The zero-order valence-corrected chi connectivity index (χ0v) is 10.3. The van der Waals surface area contributed by atoms with Crippen LogP contribution >= 0.6 is 15.9 Å². The highest BCUT2D eigenvalue weighted by Crippen LogP contribution is 2.34. The fraction of sp³-hybridized carbons (Fsp3) is 0.455. The van der Waals surface area contributed by atoms with Crippen molar-refractivity contribution in [1.29, 1.82) is 0 Å². The highest BCUT2D eigenvalue weighted by Gasteiger charge is 2.19. The van der Waals surface area contributed by atoms with Crippen LogP contribution in [0.4, 0.5) is 15.8 Å². The molecular formula is C11H14BrFN2. The number of anilines is 2. The van der Waals surface area contributed by atoms with Gasteiger partial charge in [-0.1, -0.05) is 15.9 Å². The van der Waals surface area contributed by atoms with Crippen molar-refractivity contribution in [2.45, 2.75) is 12.8 Å². The zero-order chi connectivity index (χ0) is 10.8. The Kier molecular flexibility index (Phi) is 3.14. The molecule has 1 saturated heterocycles. The minimum absolute atomic E-state index is 0.157. The third-order valence-electron chi connectivity index (χ3n) is 2.72. The van der Waals surface area contributed by atoms with Gasteiger partial charge in [0.1, 0.15) is 5.82 Å². The number of nitrogens with zero attached hydrogens (tertiary/aromatic N) is 1. The highest BCUT2D eigenvalue weighted by molar-refractivity contribution is 9.10. The SMILES string of the molecule is CNc1cc(Br)cc(F)c1N1CCCC1. The van der Waals surface area contributed by atoms with Crippen LogP contribution < -0.4 is 10.2 Å². The molecule has 0 radical (unpaired) electrons. The first kappa shape index (κ1) is 10.7. The van der Waals surface area contributed by atoms with Gasteiger partial charge in [0.2, 0.25) is 0 Å². The summed E-state index contributed by atoms with van der Waals surface area (Å²) >= 11 is 3.30. The van der Waals surface area contributed by atoms with E-state index < -0.39 is 0 Å². The molecule has 0 spiro atoms. The van der Waals surface area contributed by atoms with Crippen LogP contribution in [0.1, 0.15) is 12.8 Å². The van der Waals surface area contributed by atoms with Crippen molar-refractivity contribution in [1.82, 2.24) is 0 Å². The summed E-state index contributed by atoms with van der Waals surface area (Å²) in [5.41, 5.74) is 1.56. The van der Waals surface area contributed by atoms with E-state index in [1.807, 2.05) is 13.1 Å². The Morgan fingerprint density at radius 3 is 2.60 bits per heavy atom. The standard InChI is InChI=1S/C11H14BrFN2/c1-14-10-7-8(12)6-9(13)11(10)15-4-2-3-5-15/h6-7,14H,2-5H2,1H3. The van der Waals surface area contributed by atoms with Crippen LogP contribution in [0, 0.1) is 5.82 Å². The van der Waals surface area contributed by atoms with Crippen molar-refractivity contribution in [3.05, 3.63) is 22.4 Å². The van der Waals surface area contributed by atoms with E-state index in [2.05, 4.69) is 26.1 Å². The summed E-state index contributed by atoms with van der Waals surface area (Å²) in [5.74, 6) is -0.157. The quantitative estimate of drug-likeness (QED) is 0.890. The maximum atomic E-state index is 13.8. The Balaban J connectivity index is 2.43. The smallest absolute Gasteiger partial charge is 0.149 e. The van der Waals surface area contributed by atoms with Gasteiger partial charge in [-0.2, -0.15) is 0 Å². The Bertz CT molecular complexity index is 362. The molecule has 1 aliphatic heterocycles. The molecule has 0 unspecified atom stereocenters. The monoisotopic (exact) mass is 272 g/mol. The van der Waals surface area contributed by atoms with Crippen molar-refractivity contribution >= 4 is 27.3 Å². The van der Waals surface area contributed by atoms with Gasteiger partial charge in [0.15, 0.2) is 0 Å². The molecule has 1 fully saturated rings. The number of hydrogen-bond acceptors (Lipinski definition) is 2. The summed E-state index contributed by atoms with van der Waals surface area (Å²) in [6, 6.07) is 3.44. The van der Waals surface area contributed by atoms with Gasteiger partial charge in [-0.25, -0.2) is 4.39 Å². The van der Waals surface area contributed by atoms with Gasteiger partial charge in [0.25, 0.3) is 0 Å². The molecule has 4 heteroatoms. The summed E-state index contributed by atoms with van der Waals surface area (Å²) < 4.78 is 14.6. The van der Waals surface area contributed by atoms with Gasteiger partial charge < -0.3 is 10.2 Å². The Morgan fingerprint density at radius 1 is 1.33 bits per heavy atom. The molecule has 1 aromatic rings. The summed E-state index contributed by atoms with van der Waals surface area (Å²) in [5, 5.41) is 3.04. The zero-order valence-electron chi connectivity index (χ0n) is 8.69. The van der Waals surface area contributed by atoms with E-state index in [1.54, 1.807) is 0 Å². The van der Waals surface area contributed by atoms with Crippen LogP contribution in [0.2, 0.25) is 0 Å². The second-order valence-corrected chi connectivity index (χ2v) is 4.64. The molecule has 0 aromatic heterocycles. The Labute approximate surface area is 97.6 Å². The van der Waals surface area contributed by atoms with Crippen molar-refractivity contribution in [2.75, 3.05) is 30.4 Å². The van der Waals surface area contributed by atoms with Crippen LogP contribution in [0.25, 0.3) is 0 Å². The summed E-state index contributed by atoms with van der Waals surface area (Å²) in [6.07, 6.45) is 2.30. The first-order chi connectivity index (χ1) is 7.22. The molecule has 0 bridgehead atoms. The molecule has 0 amide bonds. The molecule has 0 atom stereocenters. The van der Waals surface area contributed by atoms with Gasteiger partial charge >= 0.3 is 0 Å². The maximum Gasteiger partial charge on any atom is 0.149 e. The Morgan fingerprint density at radius 2 is 2.00 bits per heavy atom. The lowest BCUT2D eigenvalue weighted by Crippen LogP contribution is -2.20. The van der Waals surface area contributed by atoms with E-state index in [0.717, 1.165) is 36.1 Å². The second kappa shape index (κ2) is 4.39. The predicted octanol–water partition coefficient (Wildman–Crippen LogP) is 3.23. The van der Waals surface area contributed by atoms with E-state index in [1.165, 1.54) is 6.07 Å². The van der Waals surface area contributed by atoms with E-state index in [-0.39, 0.29) is 5.82 Å². The van der Waals surface area contributed by atoms with Crippen molar-refractivity contribution < 1.29 is 4.39 Å². The molecule has 1 N–H and O–H groups in total. The average Bonchev–Trinajstić information content (AvgIpc) is 2.69. The number of benzene rings is 1. The van der Waals surface area contributed by atoms with Gasteiger partial charge in [-0.15, -0.1) is 0 Å². The summed E-state index contributed by atoms with van der Waals surface area (Å²) in [6.45, 7) is 1.90. The molecule has 1 aliphatic rings. The topological polar surface area (TPSA) is 15.3 Å². The highest BCUT2D eigenvalue weighted by atomic mass is 79.9. The second-order valence-electron chi connectivity index (χ2n) is 3.73. The summed E-state index contributed by atoms with van der Waals surface area (Å²) in [4.78, 5) is 2.10. The Hall–Kier alpha value is -0.770. The van der Waals surface area contributed by atoms with Crippen LogP contribution in [-0.2, 0) is 0 Å². The third kappa shape index (κ3) is 2.09. The molecule has 1 heterocycles. The van der Waals surface area contributed by atoms with Crippen LogP contribution in [0.15, 0.2) is 16.6 Å². The van der Waals surface area contributed by atoms with Crippen molar-refractivity contribution in [2.24, 2.45) is 0 Å². The first-order valence-corrected chi connectivity index (χ1v) is 5.93. The molecule has 1 aromatic carbocycles. The summed E-state index contributed by atoms with van der Waals surface area (Å²) in [7, 11) is 1.82.